The Morgan fingerprint density at radius 2 is 1.80 bits per heavy atom. The van der Waals surface area contributed by atoms with Crippen LogP contribution >= 0.6 is 0 Å². The number of anilines is 1. The summed E-state index contributed by atoms with van der Waals surface area (Å²) in [5, 5.41) is 0. The highest BCUT2D eigenvalue weighted by Gasteiger charge is 2.21. The van der Waals surface area contributed by atoms with E-state index in [4.69, 9.17) is 5.73 Å². The van der Waals surface area contributed by atoms with Crippen LogP contribution in [0.25, 0.3) is 0 Å². The van der Waals surface area contributed by atoms with Crippen LogP contribution in [0.3, 0.4) is 0 Å². The van der Waals surface area contributed by atoms with Crippen molar-refractivity contribution in [1.82, 2.24) is 4.98 Å². The molecule has 0 amide bonds. The number of benzene rings is 1. The Morgan fingerprint density at radius 3 is 2.30 bits per heavy atom. The van der Waals surface area contributed by atoms with Crippen molar-refractivity contribution in [3.63, 3.8) is 0 Å². The molecule has 0 aliphatic carbocycles. The lowest BCUT2D eigenvalue weighted by Crippen LogP contribution is -2.27. The lowest BCUT2D eigenvalue weighted by atomic mass is 10.1. The Balaban J connectivity index is 2.35. The van der Waals surface area contributed by atoms with E-state index in [0.29, 0.717) is 5.82 Å². The highest BCUT2D eigenvalue weighted by Crippen LogP contribution is 2.21. The molecule has 0 fully saturated rings. The van der Waals surface area contributed by atoms with Crippen LogP contribution in [0.1, 0.15) is 18.5 Å². The number of hydrogen-bond donors (Lipinski definition) is 1. The van der Waals surface area contributed by atoms with Gasteiger partial charge in [-0.25, -0.2) is 13.4 Å². The minimum atomic E-state index is -3.60. The van der Waals surface area contributed by atoms with Gasteiger partial charge in [0.05, 0.1) is 4.90 Å². The van der Waals surface area contributed by atoms with Crippen LogP contribution in [-0.2, 0) is 10.0 Å². The summed E-state index contributed by atoms with van der Waals surface area (Å²) in [5.41, 5.74) is 6.65. The molecule has 2 N–H and O–H groups in total. The zero-order valence-electron chi connectivity index (χ0n) is 11.4. The fourth-order valence-electron chi connectivity index (χ4n) is 1.76. The molecule has 106 valence electrons. The Morgan fingerprint density at radius 1 is 1.15 bits per heavy atom. The number of pyridine rings is 1. The molecule has 0 radical (unpaired) electrons. The van der Waals surface area contributed by atoms with Crippen molar-refractivity contribution in [1.29, 1.82) is 0 Å². The predicted octanol–water partition coefficient (Wildman–Crippen LogP) is 1.93. The van der Waals surface area contributed by atoms with Crippen LogP contribution in [0.4, 0.5) is 5.82 Å². The molecule has 0 saturated heterocycles. The molecule has 0 aliphatic heterocycles. The molecule has 0 aliphatic rings. The first-order chi connectivity index (χ1) is 9.43. The normalized spacial score (nSPS) is 12.9. The van der Waals surface area contributed by atoms with E-state index in [-0.39, 0.29) is 10.9 Å². The Hall–Kier alpha value is -1.92. The first-order valence-electron chi connectivity index (χ1n) is 6.18. The van der Waals surface area contributed by atoms with Crippen molar-refractivity contribution in [3.8, 4) is 0 Å². The second-order valence-corrected chi connectivity index (χ2v) is 6.49. The van der Waals surface area contributed by atoms with Gasteiger partial charge >= 0.3 is 0 Å². The van der Waals surface area contributed by atoms with Crippen molar-refractivity contribution in [2.75, 3.05) is 11.4 Å². The van der Waals surface area contributed by atoms with Crippen LogP contribution in [0.2, 0.25) is 0 Å². The largest absolute Gasteiger partial charge is 0.324 e. The van der Waals surface area contributed by atoms with E-state index in [9.17, 15) is 8.42 Å². The number of nitrogens with two attached hydrogens (primary N) is 1. The van der Waals surface area contributed by atoms with E-state index < -0.39 is 10.0 Å². The smallest absolute Gasteiger partial charge is 0.265 e. The van der Waals surface area contributed by atoms with Gasteiger partial charge in [0.2, 0.25) is 0 Å². The van der Waals surface area contributed by atoms with Gasteiger partial charge in [-0.2, -0.15) is 0 Å². The summed E-state index contributed by atoms with van der Waals surface area (Å²) in [6.45, 7) is 1.85. The van der Waals surface area contributed by atoms with Crippen molar-refractivity contribution >= 4 is 15.8 Å². The third-order valence-electron chi connectivity index (χ3n) is 3.04. The molecule has 1 atom stereocenters. The van der Waals surface area contributed by atoms with E-state index in [2.05, 4.69) is 4.98 Å². The molecular formula is C14H17N3O2S. The Kier molecular flexibility index (Phi) is 4.06. The van der Waals surface area contributed by atoms with E-state index >= 15 is 0 Å². The molecule has 6 heteroatoms. The molecule has 20 heavy (non-hydrogen) atoms. The lowest BCUT2D eigenvalue weighted by molar-refractivity contribution is 0.594. The van der Waals surface area contributed by atoms with Gasteiger partial charge in [-0.05, 0) is 36.8 Å². The highest BCUT2D eigenvalue weighted by molar-refractivity contribution is 7.92. The maximum atomic E-state index is 12.5. The molecule has 0 saturated carbocycles. The van der Waals surface area contributed by atoms with Crippen molar-refractivity contribution in [2.24, 2.45) is 5.73 Å². The second-order valence-electron chi connectivity index (χ2n) is 4.52. The Bertz CT molecular complexity index is 667. The molecule has 0 bridgehead atoms. The number of sulfonamides is 1. The van der Waals surface area contributed by atoms with E-state index in [1.807, 2.05) is 6.92 Å². The molecule has 0 spiro atoms. The summed E-state index contributed by atoms with van der Waals surface area (Å²) in [7, 11) is -2.12. The number of hydrogen-bond acceptors (Lipinski definition) is 4. The van der Waals surface area contributed by atoms with Gasteiger partial charge in [0.1, 0.15) is 5.82 Å². The van der Waals surface area contributed by atoms with Crippen molar-refractivity contribution in [3.05, 3.63) is 54.2 Å². The third kappa shape index (κ3) is 2.81. The molecule has 1 unspecified atom stereocenters. The van der Waals surface area contributed by atoms with Gasteiger partial charge in [0.15, 0.2) is 0 Å². The quantitative estimate of drug-likeness (QED) is 0.933. The van der Waals surface area contributed by atoms with Gasteiger partial charge in [0.25, 0.3) is 10.0 Å². The molecule has 1 aromatic carbocycles. The van der Waals surface area contributed by atoms with Crippen molar-refractivity contribution in [2.45, 2.75) is 17.9 Å². The molecule has 5 nitrogen and oxygen atoms in total. The monoisotopic (exact) mass is 291 g/mol. The standard InChI is InChI=1S/C14H17N3O2S/c1-11(15)12-6-8-13(9-7-12)20(18,19)17(2)14-5-3-4-10-16-14/h3-11H,15H2,1-2H3. The minimum Gasteiger partial charge on any atom is -0.324 e. The molecule has 2 rings (SSSR count). The van der Waals surface area contributed by atoms with Gasteiger partial charge in [0, 0.05) is 19.3 Å². The van der Waals surface area contributed by atoms with Crippen LogP contribution in [-0.4, -0.2) is 20.4 Å². The van der Waals surface area contributed by atoms with Gasteiger partial charge in [-0.15, -0.1) is 0 Å². The van der Waals surface area contributed by atoms with Crippen LogP contribution < -0.4 is 10.0 Å². The third-order valence-corrected chi connectivity index (χ3v) is 4.81. The SMILES string of the molecule is CC(N)c1ccc(S(=O)(=O)N(C)c2ccccn2)cc1. The van der Waals surface area contributed by atoms with Crippen molar-refractivity contribution < 1.29 is 8.42 Å². The summed E-state index contributed by atoms with van der Waals surface area (Å²) in [6.07, 6.45) is 1.56. The van der Waals surface area contributed by atoms with Crippen LogP contribution in [0.15, 0.2) is 53.6 Å². The van der Waals surface area contributed by atoms with Gasteiger partial charge in [-0.1, -0.05) is 18.2 Å². The summed E-state index contributed by atoms with van der Waals surface area (Å²) in [4.78, 5) is 4.26. The molecule has 1 aromatic heterocycles. The van der Waals surface area contributed by atoms with Gasteiger partial charge in [-0.3, -0.25) is 4.31 Å². The number of rotatable bonds is 4. The van der Waals surface area contributed by atoms with E-state index in [0.717, 1.165) is 9.87 Å². The van der Waals surface area contributed by atoms with Gasteiger partial charge < -0.3 is 5.73 Å². The van der Waals surface area contributed by atoms with E-state index in [1.165, 1.54) is 7.05 Å². The maximum absolute atomic E-state index is 12.5. The number of nitrogens with zero attached hydrogens (tertiary/aromatic N) is 2. The van der Waals surface area contributed by atoms with E-state index in [1.54, 1.807) is 48.7 Å². The summed E-state index contributed by atoms with van der Waals surface area (Å²) in [5.74, 6) is 0.378. The molecular weight excluding hydrogens is 274 g/mol. The fraction of sp³-hybridized carbons (Fsp3) is 0.214. The Labute approximate surface area is 119 Å². The minimum absolute atomic E-state index is 0.125. The average Bonchev–Trinajstić information content (AvgIpc) is 2.47. The lowest BCUT2D eigenvalue weighted by Gasteiger charge is -2.18. The predicted molar refractivity (Wildman–Crippen MR) is 78.9 cm³/mol. The molecule has 2 aromatic rings. The summed E-state index contributed by atoms with van der Waals surface area (Å²) < 4.78 is 26.1. The van der Waals surface area contributed by atoms with Crippen LogP contribution in [0.5, 0.6) is 0 Å². The first-order valence-corrected chi connectivity index (χ1v) is 7.62. The highest BCUT2D eigenvalue weighted by atomic mass is 32.2. The number of aromatic nitrogens is 1. The topological polar surface area (TPSA) is 76.3 Å². The summed E-state index contributed by atoms with van der Waals surface area (Å²) in [6, 6.07) is 11.6. The zero-order valence-corrected chi connectivity index (χ0v) is 12.2. The molecule has 1 heterocycles. The second kappa shape index (κ2) is 5.60. The zero-order chi connectivity index (χ0) is 14.8. The first kappa shape index (κ1) is 14.5. The fourth-order valence-corrected chi connectivity index (χ4v) is 2.92. The summed E-state index contributed by atoms with van der Waals surface area (Å²) >= 11 is 0. The van der Waals surface area contributed by atoms with Crippen LogP contribution in [0, 0.1) is 0 Å². The maximum Gasteiger partial charge on any atom is 0.265 e. The average molecular weight is 291 g/mol.